The minimum absolute atomic E-state index is 0.413. The Hall–Kier alpha value is -2.04. The smallest absolute Gasteiger partial charge is 0.168 e. The zero-order valence-corrected chi connectivity index (χ0v) is 7.58. The molecular formula is C9H8N4O. The molecule has 2 rings (SSSR count). The lowest BCUT2D eigenvalue weighted by atomic mass is 10.2. The van der Waals surface area contributed by atoms with Crippen LogP contribution >= 0.6 is 0 Å². The quantitative estimate of drug-likeness (QED) is 0.650. The molecule has 0 aliphatic carbocycles. The maximum Gasteiger partial charge on any atom is 0.168 e. The van der Waals surface area contributed by atoms with E-state index in [1.807, 2.05) is 0 Å². The van der Waals surface area contributed by atoms with Crippen molar-refractivity contribution in [1.29, 1.82) is 0 Å². The van der Waals surface area contributed by atoms with Gasteiger partial charge in [0, 0.05) is 18.8 Å². The summed E-state index contributed by atoms with van der Waals surface area (Å²) in [6.07, 6.45) is 3.79. The standard InChI is InChI=1S/C9H8N4O/c1-13-9(11-6-12-13)7-2-3-8(5-14)10-4-7/h2-6H,1H3. The Morgan fingerprint density at radius 1 is 1.36 bits per heavy atom. The molecule has 0 unspecified atom stereocenters. The summed E-state index contributed by atoms with van der Waals surface area (Å²) in [5.74, 6) is 0.731. The van der Waals surface area contributed by atoms with Gasteiger partial charge in [-0.3, -0.25) is 9.78 Å². The van der Waals surface area contributed by atoms with Crippen molar-refractivity contribution in [1.82, 2.24) is 19.7 Å². The number of carbonyl (C=O) groups excluding carboxylic acids is 1. The number of rotatable bonds is 2. The van der Waals surface area contributed by atoms with Gasteiger partial charge in [-0.25, -0.2) is 9.67 Å². The van der Waals surface area contributed by atoms with Gasteiger partial charge in [0.25, 0.3) is 0 Å². The average Bonchev–Trinajstić information content (AvgIpc) is 2.65. The van der Waals surface area contributed by atoms with Gasteiger partial charge in [0.1, 0.15) is 12.0 Å². The summed E-state index contributed by atoms with van der Waals surface area (Å²) in [7, 11) is 1.80. The highest BCUT2D eigenvalue weighted by Gasteiger charge is 2.03. The molecule has 5 nitrogen and oxygen atoms in total. The first-order valence-electron chi connectivity index (χ1n) is 4.07. The van der Waals surface area contributed by atoms with Gasteiger partial charge in [-0.1, -0.05) is 0 Å². The maximum atomic E-state index is 10.4. The van der Waals surface area contributed by atoms with E-state index in [0.29, 0.717) is 12.0 Å². The van der Waals surface area contributed by atoms with Gasteiger partial charge < -0.3 is 0 Å². The lowest BCUT2D eigenvalue weighted by Gasteiger charge is -1.98. The Balaban J connectivity index is 2.43. The minimum Gasteiger partial charge on any atom is -0.296 e. The molecule has 0 spiro atoms. The molecule has 0 aliphatic heterocycles. The SMILES string of the molecule is Cn1ncnc1-c1ccc(C=O)nc1. The second-order valence-corrected chi connectivity index (χ2v) is 2.80. The summed E-state index contributed by atoms with van der Waals surface area (Å²) < 4.78 is 1.65. The molecule has 0 saturated heterocycles. The molecule has 0 radical (unpaired) electrons. The predicted molar refractivity (Wildman–Crippen MR) is 49.6 cm³/mol. The van der Waals surface area contributed by atoms with E-state index in [1.165, 1.54) is 6.33 Å². The Kier molecular flexibility index (Phi) is 2.06. The van der Waals surface area contributed by atoms with Crippen LogP contribution in [0.25, 0.3) is 11.4 Å². The summed E-state index contributed by atoms with van der Waals surface area (Å²) in [5.41, 5.74) is 1.26. The molecular weight excluding hydrogens is 180 g/mol. The van der Waals surface area contributed by atoms with Crippen molar-refractivity contribution in [2.24, 2.45) is 7.05 Å². The van der Waals surface area contributed by atoms with Crippen LogP contribution in [0.4, 0.5) is 0 Å². The number of nitrogens with zero attached hydrogens (tertiary/aromatic N) is 4. The van der Waals surface area contributed by atoms with Crippen LogP contribution in [-0.4, -0.2) is 26.0 Å². The van der Waals surface area contributed by atoms with Crippen LogP contribution in [0.3, 0.4) is 0 Å². The average molecular weight is 188 g/mol. The number of hydrogen-bond acceptors (Lipinski definition) is 4. The third-order valence-electron chi connectivity index (χ3n) is 1.88. The molecule has 2 heterocycles. The van der Waals surface area contributed by atoms with Gasteiger partial charge in [-0.15, -0.1) is 0 Å². The molecule has 0 aliphatic rings. The zero-order chi connectivity index (χ0) is 9.97. The third-order valence-corrected chi connectivity index (χ3v) is 1.88. The fourth-order valence-corrected chi connectivity index (χ4v) is 1.16. The predicted octanol–water partition coefficient (Wildman–Crippen LogP) is 0.690. The minimum atomic E-state index is 0.413. The van der Waals surface area contributed by atoms with E-state index in [4.69, 9.17) is 0 Å². The van der Waals surface area contributed by atoms with Crippen molar-refractivity contribution >= 4 is 6.29 Å². The zero-order valence-electron chi connectivity index (χ0n) is 7.58. The van der Waals surface area contributed by atoms with Crippen molar-refractivity contribution < 1.29 is 4.79 Å². The molecule has 0 fully saturated rings. The molecule has 5 heteroatoms. The van der Waals surface area contributed by atoms with Gasteiger partial charge in [-0.05, 0) is 12.1 Å². The summed E-state index contributed by atoms with van der Waals surface area (Å²) in [5, 5.41) is 3.94. The Morgan fingerprint density at radius 3 is 2.71 bits per heavy atom. The second kappa shape index (κ2) is 3.37. The molecule has 0 atom stereocenters. The largest absolute Gasteiger partial charge is 0.296 e. The van der Waals surface area contributed by atoms with Crippen LogP contribution in [-0.2, 0) is 7.05 Å². The van der Waals surface area contributed by atoms with E-state index in [9.17, 15) is 4.79 Å². The van der Waals surface area contributed by atoms with E-state index < -0.39 is 0 Å². The molecule has 14 heavy (non-hydrogen) atoms. The third kappa shape index (κ3) is 1.39. The number of carbonyl (C=O) groups is 1. The highest BCUT2D eigenvalue weighted by molar-refractivity contribution is 5.72. The number of pyridine rings is 1. The van der Waals surface area contributed by atoms with E-state index in [1.54, 1.807) is 30.1 Å². The summed E-state index contributed by atoms with van der Waals surface area (Å²) in [4.78, 5) is 18.4. The first-order valence-corrected chi connectivity index (χ1v) is 4.07. The number of aldehydes is 1. The lowest BCUT2D eigenvalue weighted by Crippen LogP contribution is -1.95. The highest BCUT2D eigenvalue weighted by Crippen LogP contribution is 2.13. The molecule has 0 amide bonds. The van der Waals surface area contributed by atoms with E-state index >= 15 is 0 Å². The fourth-order valence-electron chi connectivity index (χ4n) is 1.16. The van der Waals surface area contributed by atoms with Gasteiger partial charge >= 0.3 is 0 Å². The van der Waals surface area contributed by atoms with Crippen molar-refractivity contribution in [3.05, 3.63) is 30.4 Å². The van der Waals surface area contributed by atoms with Gasteiger partial charge in [0.2, 0.25) is 0 Å². The van der Waals surface area contributed by atoms with Crippen LogP contribution in [0.1, 0.15) is 10.5 Å². The first-order chi connectivity index (χ1) is 6.81. The fraction of sp³-hybridized carbons (Fsp3) is 0.111. The van der Waals surface area contributed by atoms with Crippen LogP contribution in [0.2, 0.25) is 0 Å². The van der Waals surface area contributed by atoms with E-state index in [-0.39, 0.29) is 0 Å². The van der Waals surface area contributed by atoms with Gasteiger partial charge in [0.05, 0.1) is 0 Å². The van der Waals surface area contributed by atoms with Gasteiger partial charge in [0.15, 0.2) is 12.1 Å². The lowest BCUT2D eigenvalue weighted by molar-refractivity contribution is 0.111. The number of aromatic nitrogens is 4. The first kappa shape index (κ1) is 8.55. The molecule has 0 aromatic carbocycles. The van der Waals surface area contributed by atoms with Crippen molar-refractivity contribution in [2.75, 3.05) is 0 Å². The molecule has 2 aromatic heterocycles. The van der Waals surface area contributed by atoms with Crippen molar-refractivity contribution in [3.63, 3.8) is 0 Å². The van der Waals surface area contributed by atoms with Gasteiger partial charge in [-0.2, -0.15) is 5.10 Å². The molecule has 0 bridgehead atoms. The Labute approximate surface area is 80.4 Å². The molecule has 2 aromatic rings. The van der Waals surface area contributed by atoms with E-state index in [2.05, 4.69) is 15.1 Å². The molecule has 70 valence electrons. The normalized spacial score (nSPS) is 10.1. The van der Waals surface area contributed by atoms with Crippen molar-refractivity contribution in [2.45, 2.75) is 0 Å². The highest BCUT2D eigenvalue weighted by atomic mass is 16.1. The van der Waals surface area contributed by atoms with E-state index in [0.717, 1.165) is 11.4 Å². The van der Waals surface area contributed by atoms with Crippen LogP contribution in [0.15, 0.2) is 24.7 Å². The summed E-state index contributed by atoms with van der Waals surface area (Å²) in [6, 6.07) is 3.44. The number of hydrogen-bond donors (Lipinski definition) is 0. The summed E-state index contributed by atoms with van der Waals surface area (Å²) in [6.45, 7) is 0. The van der Waals surface area contributed by atoms with Crippen LogP contribution < -0.4 is 0 Å². The van der Waals surface area contributed by atoms with Crippen LogP contribution in [0, 0.1) is 0 Å². The van der Waals surface area contributed by atoms with Crippen molar-refractivity contribution in [3.8, 4) is 11.4 Å². The number of aryl methyl sites for hydroxylation is 1. The Bertz CT molecular complexity index is 446. The molecule has 0 N–H and O–H groups in total. The topological polar surface area (TPSA) is 60.7 Å². The summed E-state index contributed by atoms with van der Waals surface area (Å²) >= 11 is 0. The monoisotopic (exact) mass is 188 g/mol. The Morgan fingerprint density at radius 2 is 2.21 bits per heavy atom. The van der Waals surface area contributed by atoms with Crippen LogP contribution in [0.5, 0.6) is 0 Å². The maximum absolute atomic E-state index is 10.4. The molecule has 0 saturated carbocycles. The second-order valence-electron chi connectivity index (χ2n) is 2.80.